The first-order valence-electron chi connectivity index (χ1n) is 7.31. The lowest BCUT2D eigenvalue weighted by Crippen LogP contribution is -2.55. The van der Waals surface area contributed by atoms with Crippen molar-refractivity contribution in [2.45, 2.75) is 6.29 Å². The van der Waals surface area contributed by atoms with E-state index >= 15 is 0 Å². The van der Waals surface area contributed by atoms with Gasteiger partial charge in [0.25, 0.3) is 5.56 Å². The van der Waals surface area contributed by atoms with Crippen LogP contribution in [-0.4, -0.2) is 72.0 Å². The largest absolute Gasteiger partial charge is 0.379 e. The molecule has 3 heterocycles. The number of nitrogens with one attached hydrogen (secondary N) is 1. The number of aromatic nitrogens is 2. The molecule has 2 fully saturated rings. The molecule has 1 aromatic rings. The van der Waals surface area contributed by atoms with Crippen LogP contribution in [0.3, 0.4) is 0 Å². The number of hydrogen-bond donors (Lipinski definition) is 1. The van der Waals surface area contributed by atoms with Crippen LogP contribution in [0.15, 0.2) is 15.8 Å². The first-order valence-corrected chi connectivity index (χ1v) is 7.31. The second-order valence-electron chi connectivity index (χ2n) is 5.29. The minimum atomic E-state index is -0.996. The lowest BCUT2D eigenvalue weighted by Gasteiger charge is -2.43. The zero-order valence-corrected chi connectivity index (χ0v) is 12.2. The highest BCUT2D eigenvalue weighted by atomic mass is 19.1. The van der Waals surface area contributed by atoms with E-state index in [9.17, 15) is 14.0 Å². The first-order chi connectivity index (χ1) is 10.7. The quantitative estimate of drug-likeness (QED) is 0.755. The molecule has 1 N–H and O–H groups in total. The van der Waals surface area contributed by atoms with Gasteiger partial charge in [-0.2, -0.15) is 4.39 Å². The summed E-state index contributed by atoms with van der Waals surface area (Å²) in [5.41, 5.74) is -1.61. The lowest BCUT2D eigenvalue weighted by molar-refractivity contribution is -0.0982. The van der Waals surface area contributed by atoms with Gasteiger partial charge in [-0.3, -0.25) is 24.1 Å². The Bertz CT molecular complexity index is 601. The molecule has 0 unspecified atom stereocenters. The predicted molar refractivity (Wildman–Crippen MR) is 75.1 cm³/mol. The zero-order chi connectivity index (χ0) is 15.5. The van der Waals surface area contributed by atoms with E-state index < -0.39 is 23.4 Å². The molecule has 9 heteroatoms. The van der Waals surface area contributed by atoms with E-state index in [4.69, 9.17) is 9.47 Å². The zero-order valence-electron chi connectivity index (χ0n) is 12.2. The van der Waals surface area contributed by atoms with Gasteiger partial charge in [-0.05, 0) is 0 Å². The highest BCUT2D eigenvalue weighted by Crippen LogP contribution is 2.19. The molecular formula is C13H19FN4O4. The second-order valence-corrected chi connectivity index (χ2v) is 5.29. The number of nitrogens with zero attached hydrogens (tertiary/aromatic N) is 3. The van der Waals surface area contributed by atoms with Crippen molar-refractivity contribution in [2.24, 2.45) is 0 Å². The molecule has 122 valence electrons. The Hall–Kier alpha value is -1.55. The van der Waals surface area contributed by atoms with Gasteiger partial charge >= 0.3 is 5.69 Å². The molecule has 0 aromatic carbocycles. The standard InChI is InChI=1S/C13H19FN4O4/c14-10-9-18(12(20)15-11(10)19)13(16-1-5-21-6-2-16)17-3-7-22-8-4-17/h9,13H,1-8H2,(H,15,19,20). The van der Waals surface area contributed by atoms with E-state index in [0.29, 0.717) is 52.6 Å². The summed E-state index contributed by atoms with van der Waals surface area (Å²) in [5, 5.41) is 0. The molecule has 0 bridgehead atoms. The molecule has 1 aromatic heterocycles. The van der Waals surface area contributed by atoms with Crippen LogP contribution in [0, 0.1) is 5.82 Å². The van der Waals surface area contributed by atoms with Crippen LogP contribution in [0.1, 0.15) is 6.29 Å². The van der Waals surface area contributed by atoms with Gasteiger partial charge in [-0.25, -0.2) is 4.79 Å². The van der Waals surface area contributed by atoms with Crippen LogP contribution in [0.5, 0.6) is 0 Å². The predicted octanol–water partition coefficient (Wildman–Crippen LogP) is -1.20. The molecule has 2 aliphatic heterocycles. The van der Waals surface area contributed by atoms with Crippen molar-refractivity contribution in [3.63, 3.8) is 0 Å². The molecule has 2 saturated heterocycles. The normalized spacial score (nSPS) is 21.4. The maximum absolute atomic E-state index is 13.7. The Morgan fingerprint density at radius 3 is 2.00 bits per heavy atom. The van der Waals surface area contributed by atoms with Crippen molar-refractivity contribution >= 4 is 0 Å². The van der Waals surface area contributed by atoms with Crippen molar-refractivity contribution in [1.82, 2.24) is 19.4 Å². The Kier molecular flexibility index (Phi) is 4.67. The van der Waals surface area contributed by atoms with E-state index in [1.54, 1.807) is 0 Å². The third kappa shape index (κ3) is 3.12. The summed E-state index contributed by atoms with van der Waals surface area (Å²) >= 11 is 0. The van der Waals surface area contributed by atoms with Crippen LogP contribution < -0.4 is 11.2 Å². The minimum absolute atomic E-state index is 0.452. The third-order valence-corrected chi connectivity index (χ3v) is 3.92. The summed E-state index contributed by atoms with van der Waals surface area (Å²) in [5.74, 6) is -0.967. The number of aromatic amines is 1. The topological polar surface area (TPSA) is 79.8 Å². The molecule has 0 radical (unpaired) electrons. The van der Waals surface area contributed by atoms with Gasteiger partial charge < -0.3 is 9.47 Å². The SMILES string of the molecule is O=c1[nH]c(=O)n(C(N2CCOCC2)N2CCOCC2)cc1F. The molecular weight excluding hydrogens is 295 g/mol. The Balaban J connectivity index is 1.98. The number of halogens is 1. The summed E-state index contributed by atoms with van der Waals surface area (Å²) in [6.45, 7) is 4.76. The van der Waals surface area contributed by atoms with Crippen LogP contribution in [-0.2, 0) is 9.47 Å². The van der Waals surface area contributed by atoms with E-state index in [-0.39, 0.29) is 0 Å². The number of hydrogen-bond acceptors (Lipinski definition) is 6. The molecule has 3 rings (SSSR count). The fraction of sp³-hybridized carbons (Fsp3) is 0.692. The average molecular weight is 314 g/mol. The Morgan fingerprint density at radius 1 is 1.00 bits per heavy atom. The van der Waals surface area contributed by atoms with Crippen molar-refractivity contribution in [3.05, 3.63) is 32.9 Å². The van der Waals surface area contributed by atoms with E-state index in [2.05, 4.69) is 0 Å². The van der Waals surface area contributed by atoms with Crippen LogP contribution >= 0.6 is 0 Å². The van der Waals surface area contributed by atoms with E-state index in [1.807, 2.05) is 14.8 Å². The third-order valence-electron chi connectivity index (χ3n) is 3.92. The van der Waals surface area contributed by atoms with Gasteiger partial charge in [0.15, 0.2) is 0 Å². The molecule has 0 spiro atoms. The fourth-order valence-electron chi connectivity index (χ4n) is 2.83. The van der Waals surface area contributed by atoms with Crippen LogP contribution in [0.25, 0.3) is 0 Å². The van der Waals surface area contributed by atoms with Gasteiger partial charge in [0.05, 0.1) is 32.6 Å². The number of ether oxygens (including phenoxy) is 2. The summed E-state index contributed by atoms with van der Waals surface area (Å²) in [7, 11) is 0. The van der Waals surface area contributed by atoms with Gasteiger partial charge in [-0.15, -0.1) is 0 Å². The highest BCUT2D eigenvalue weighted by molar-refractivity contribution is 4.90. The van der Waals surface area contributed by atoms with Gasteiger partial charge in [0, 0.05) is 26.2 Å². The van der Waals surface area contributed by atoms with Crippen molar-refractivity contribution in [2.75, 3.05) is 52.6 Å². The summed E-state index contributed by atoms with van der Waals surface area (Å²) in [6.07, 6.45) is 0.531. The molecule has 2 aliphatic rings. The van der Waals surface area contributed by atoms with Crippen molar-refractivity contribution in [1.29, 1.82) is 0 Å². The van der Waals surface area contributed by atoms with Crippen LogP contribution in [0.2, 0.25) is 0 Å². The van der Waals surface area contributed by atoms with Crippen molar-refractivity contribution in [3.8, 4) is 0 Å². The van der Waals surface area contributed by atoms with Crippen LogP contribution in [0.4, 0.5) is 4.39 Å². The summed E-state index contributed by atoms with van der Waals surface area (Å²) in [4.78, 5) is 29.5. The highest BCUT2D eigenvalue weighted by Gasteiger charge is 2.30. The molecule has 0 saturated carbocycles. The van der Waals surface area contributed by atoms with E-state index in [0.717, 1.165) is 6.20 Å². The van der Waals surface area contributed by atoms with Crippen molar-refractivity contribution < 1.29 is 13.9 Å². The Labute approximate surface area is 126 Å². The molecule has 0 aliphatic carbocycles. The van der Waals surface area contributed by atoms with Gasteiger partial charge in [0.2, 0.25) is 5.82 Å². The lowest BCUT2D eigenvalue weighted by atomic mass is 10.3. The minimum Gasteiger partial charge on any atom is -0.379 e. The molecule has 0 amide bonds. The first kappa shape index (κ1) is 15.3. The summed E-state index contributed by atoms with van der Waals surface area (Å²) < 4.78 is 25.6. The fourth-order valence-corrected chi connectivity index (χ4v) is 2.83. The molecule has 8 nitrogen and oxygen atoms in total. The maximum Gasteiger partial charge on any atom is 0.330 e. The van der Waals surface area contributed by atoms with Gasteiger partial charge in [0.1, 0.15) is 6.29 Å². The van der Waals surface area contributed by atoms with Gasteiger partial charge in [-0.1, -0.05) is 0 Å². The summed E-state index contributed by atoms with van der Waals surface area (Å²) in [6, 6.07) is 0. The monoisotopic (exact) mass is 314 g/mol. The Morgan fingerprint density at radius 2 is 1.50 bits per heavy atom. The number of H-pyrrole nitrogens is 1. The molecule has 22 heavy (non-hydrogen) atoms. The smallest absolute Gasteiger partial charge is 0.330 e. The average Bonchev–Trinajstić information content (AvgIpc) is 2.55. The number of rotatable bonds is 3. The molecule has 0 atom stereocenters. The van der Waals surface area contributed by atoms with E-state index in [1.165, 1.54) is 4.57 Å². The maximum atomic E-state index is 13.7. The number of morpholine rings is 2. The second kappa shape index (κ2) is 6.69.